The maximum atomic E-state index is 13.7. The minimum absolute atomic E-state index is 0. The molecule has 0 aromatic heterocycles. The Hall–Kier alpha value is -0.333. The van der Waals surface area contributed by atoms with Gasteiger partial charge in [0.15, 0.2) is 0 Å². The maximum Gasteiger partial charge on any atom is 1.00 e. The molecule has 1 aliphatic heterocycles. The molecular formula is C29H46LiO4P. The van der Waals surface area contributed by atoms with Crippen molar-refractivity contribution < 1.29 is 37.4 Å². The predicted molar refractivity (Wildman–Crippen MR) is 139 cm³/mol. The fourth-order valence-corrected chi connectivity index (χ4v) is 7.20. The molecule has 3 rings (SSSR count). The first-order valence-corrected chi connectivity index (χ1v) is 14.0. The molecule has 0 radical (unpaired) electrons. The quantitative estimate of drug-likeness (QED) is 0.358. The molecule has 1 fully saturated rings. The van der Waals surface area contributed by atoms with Gasteiger partial charge in [-0.1, -0.05) is 120 Å². The van der Waals surface area contributed by atoms with Crippen LogP contribution < -0.4 is 23.8 Å². The number of fused-ring (bicyclic) bond motifs is 2. The molecule has 0 saturated carbocycles. The minimum Gasteiger partial charge on any atom is -0.756 e. The van der Waals surface area contributed by atoms with E-state index in [1.165, 1.54) is 0 Å². The van der Waals surface area contributed by atoms with Gasteiger partial charge in [0.05, 0.1) is 12.2 Å². The van der Waals surface area contributed by atoms with Gasteiger partial charge >= 0.3 is 18.9 Å². The average molecular weight is 497 g/mol. The van der Waals surface area contributed by atoms with Crippen LogP contribution in [0.5, 0.6) is 0 Å². The summed E-state index contributed by atoms with van der Waals surface area (Å²) in [6.45, 7) is 25.9. The van der Waals surface area contributed by atoms with Crippen LogP contribution in [0.1, 0.15) is 89.5 Å². The molecular weight excluding hydrogens is 450 g/mol. The Morgan fingerprint density at radius 2 is 1.06 bits per heavy atom. The van der Waals surface area contributed by atoms with E-state index in [0.29, 0.717) is 6.42 Å². The van der Waals surface area contributed by atoms with E-state index in [2.05, 4.69) is 107 Å². The standard InChI is InChI=1S/C29H47O4P.Li/c1-24(2,3)20-15-13-17-28(26(7,8)9)19-29(27(10,11)12)18-14-16-21(25(4,5)6)23(29)33-34(30,31)32-22(20)28;/h13-18,22-23H,19H2,1-12H3,(H,30,31);/q;+1/p-1. The third kappa shape index (κ3) is 5.32. The number of phosphoric ester groups is 1. The summed E-state index contributed by atoms with van der Waals surface area (Å²) in [4.78, 5) is 13.7. The van der Waals surface area contributed by atoms with Gasteiger partial charge in [0.2, 0.25) is 0 Å². The topological polar surface area (TPSA) is 58.6 Å². The SMILES string of the molecule is CC(C)(C)C1=CC=CC2(C(C)(C)C)CC3(C(C)(C)C)C=CC=C(C(C)(C)C)C3OP(=O)([O-])OC12.[Li+]. The van der Waals surface area contributed by atoms with Gasteiger partial charge in [0.25, 0.3) is 7.82 Å². The fourth-order valence-electron chi connectivity index (χ4n) is 6.03. The van der Waals surface area contributed by atoms with E-state index in [0.717, 1.165) is 11.1 Å². The number of hydrogen-bond donors (Lipinski definition) is 0. The second-order valence-electron chi connectivity index (χ2n) is 14.6. The molecule has 0 N–H and O–H groups in total. The van der Waals surface area contributed by atoms with Gasteiger partial charge in [-0.25, -0.2) is 0 Å². The first-order valence-electron chi connectivity index (χ1n) is 12.6. The molecule has 6 heteroatoms. The second-order valence-corrected chi connectivity index (χ2v) is 16.0. The molecule has 4 nitrogen and oxygen atoms in total. The van der Waals surface area contributed by atoms with Gasteiger partial charge in [0.1, 0.15) is 0 Å². The van der Waals surface area contributed by atoms with Crippen LogP contribution in [0.25, 0.3) is 0 Å². The molecule has 4 unspecified atom stereocenters. The number of hydrogen-bond acceptors (Lipinski definition) is 4. The summed E-state index contributed by atoms with van der Waals surface area (Å²) in [5.41, 5.74) is -0.255. The van der Waals surface area contributed by atoms with Crippen molar-refractivity contribution in [3.05, 3.63) is 47.6 Å². The summed E-state index contributed by atoms with van der Waals surface area (Å²) in [5.74, 6) is 0. The molecule has 192 valence electrons. The second kappa shape index (κ2) is 9.15. The van der Waals surface area contributed by atoms with E-state index < -0.39 is 30.9 Å². The van der Waals surface area contributed by atoms with E-state index >= 15 is 0 Å². The van der Waals surface area contributed by atoms with Crippen LogP contribution in [0.15, 0.2) is 47.6 Å². The smallest absolute Gasteiger partial charge is 0.756 e. The van der Waals surface area contributed by atoms with Crippen LogP contribution >= 0.6 is 7.82 Å². The van der Waals surface area contributed by atoms with Crippen molar-refractivity contribution >= 4 is 7.82 Å². The van der Waals surface area contributed by atoms with Gasteiger partial charge in [-0.15, -0.1) is 0 Å². The van der Waals surface area contributed by atoms with E-state index in [9.17, 15) is 9.46 Å². The molecule has 0 bridgehead atoms. The van der Waals surface area contributed by atoms with Crippen LogP contribution in [0.4, 0.5) is 0 Å². The maximum absolute atomic E-state index is 13.7. The minimum atomic E-state index is -4.67. The summed E-state index contributed by atoms with van der Waals surface area (Å²) >= 11 is 0. The molecule has 0 aromatic carbocycles. The van der Waals surface area contributed by atoms with Crippen LogP contribution in [0, 0.1) is 32.5 Å². The van der Waals surface area contributed by atoms with Crippen molar-refractivity contribution in [1.82, 2.24) is 0 Å². The normalized spacial score (nSPS) is 36.1. The van der Waals surface area contributed by atoms with Crippen molar-refractivity contribution in [2.75, 3.05) is 0 Å². The predicted octanol–water partition coefficient (Wildman–Crippen LogP) is 4.78. The van der Waals surface area contributed by atoms with E-state index in [1.54, 1.807) is 0 Å². The Morgan fingerprint density at radius 1 is 0.743 bits per heavy atom. The van der Waals surface area contributed by atoms with Gasteiger partial charge in [0, 0.05) is 10.8 Å². The molecule has 0 spiro atoms. The average Bonchev–Trinajstić information content (AvgIpc) is 2.58. The van der Waals surface area contributed by atoms with E-state index in [-0.39, 0.29) is 40.5 Å². The number of phosphoric acid groups is 1. The Labute approximate surface area is 226 Å². The molecule has 0 aromatic rings. The molecule has 0 amide bonds. The van der Waals surface area contributed by atoms with Gasteiger partial charge in [-0.05, 0) is 39.2 Å². The zero-order chi connectivity index (χ0) is 26.2. The molecule has 1 saturated heterocycles. The van der Waals surface area contributed by atoms with Crippen LogP contribution in [0.2, 0.25) is 0 Å². The number of allylic oxidation sites excluding steroid dienone is 4. The van der Waals surface area contributed by atoms with Gasteiger partial charge < -0.3 is 13.9 Å². The van der Waals surface area contributed by atoms with E-state index in [4.69, 9.17) is 9.05 Å². The van der Waals surface area contributed by atoms with Crippen molar-refractivity contribution in [1.29, 1.82) is 0 Å². The van der Waals surface area contributed by atoms with Crippen LogP contribution in [-0.4, -0.2) is 12.2 Å². The third-order valence-corrected chi connectivity index (χ3v) is 9.36. The van der Waals surface area contributed by atoms with Crippen molar-refractivity contribution in [2.45, 2.75) is 102 Å². The van der Waals surface area contributed by atoms with Crippen molar-refractivity contribution in [3.63, 3.8) is 0 Å². The summed E-state index contributed by atoms with van der Waals surface area (Å²) in [6, 6.07) is 0. The zero-order valence-corrected chi connectivity index (χ0v) is 25.3. The van der Waals surface area contributed by atoms with Crippen molar-refractivity contribution in [3.8, 4) is 0 Å². The Kier molecular flexibility index (Phi) is 8.07. The largest absolute Gasteiger partial charge is 1.00 e. The molecule has 4 atom stereocenters. The molecule has 35 heavy (non-hydrogen) atoms. The van der Waals surface area contributed by atoms with Gasteiger partial charge in [-0.2, -0.15) is 0 Å². The van der Waals surface area contributed by atoms with Crippen LogP contribution in [0.3, 0.4) is 0 Å². The van der Waals surface area contributed by atoms with Gasteiger partial charge in [-0.3, -0.25) is 4.57 Å². The van der Waals surface area contributed by atoms with Crippen molar-refractivity contribution in [2.24, 2.45) is 32.5 Å². The van der Waals surface area contributed by atoms with Crippen LogP contribution in [-0.2, 0) is 13.6 Å². The summed E-state index contributed by atoms with van der Waals surface area (Å²) in [5, 5.41) is 0. The zero-order valence-electron chi connectivity index (χ0n) is 24.4. The monoisotopic (exact) mass is 496 g/mol. The Balaban J connectivity index is 0.00000432. The Morgan fingerprint density at radius 3 is 1.31 bits per heavy atom. The summed E-state index contributed by atoms with van der Waals surface area (Å²) in [6.07, 6.45) is 12.2. The first kappa shape index (κ1) is 30.9. The van der Waals surface area contributed by atoms with E-state index in [1.807, 2.05) is 12.2 Å². The summed E-state index contributed by atoms with van der Waals surface area (Å²) < 4.78 is 25.9. The molecule has 3 aliphatic rings. The number of rotatable bonds is 0. The molecule has 1 heterocycles. The summed E-state index contributed by atoms with van der Waals surface area (Å²) in [7, 11) is -4.67. The first-order chi connectivity index (χ1) is 15.1. The fraction of sp³-hybridized carbons (Fsp3) is 0.724. The molecule has 2 aliphatic carbocycles. The third-order valence-electron chi connectivity index (χ3n) is 8.42. The Bertz CT molecular complexity index is 918.